The highest BCUT2D eigenvalue weighted by Crippen LogP contribution is 2.36. The summed E-state index contributed by atoms with van der Waals surface area (Å²) in [5, 5.41) is 10.8. The first kappa shape index (κ1) is 20.5. The normalized spacial score (nSPS) is 16.1. The van der Waals surface area contributed by atoms with Crippen LogP contribution >= 0.6 is 23.1 Å². The lowest BCUT2D eigenvalue weighted by molar-refractivity contribution is -0.116. The maximum absolute atomic E-state index is 13.2. The average molecular weight is 452 g/mol. The third-order valence-electron chi connectivity index (χ3n) is 5.99. The van der Waals surface area contributed by atoms with E-state index in [0.29, 0.717) is 5.75 Å². The molecule has 0 saturated carbocycles. The molecule has 4 heterocycles. The van der Waals surface area contributed by atoms with E-state index in [4.69, 9.17) is 4.98 Å². The first-order valence-electron chi connectivity index (χ1n) is 10.5. The lowest BCUT2D eigenvalue weighted by atomic mass is 10.1. The third-order valence-corrected chi connectivity index (χ3v) is 8.00. The van der Waals surface area contributed by atoms with E-state index in [9.17, 15) is 4.79 Å². The molecule has 1 amide bonds. The Morgan fingerprint density at radius 3 is 2.81 bits per heavy atom. The van der Waals surface area contributed by atoms with Gasteiger partial charge in [0.15, 0.2) is 10.8 Å². The molecule has 4 aromatic rings. The standard InChI is InChI=1S/C23H25N5OS2/c1-12(2)20-24-22-19(14(4)15(5)31-22)21-25-26-23(28(20)21)30-11-18(29)27-13(3)10-16-8-6-7-9-17(16)27/h6-9,12-13H,10-11H2,1-5H3/t13-/m0/s1. The van der Waals surface area contributed by atoms with Gasteiger partial charge in [0.25, 0.3) is 0 Å². The maximum atomic E-state index is 13.2. The van der Waals surface area contributed by atoms with E-state index >= 15 is 0 Å². The Bertz CT molecular complexity index is 1320. The van der Waals surface area contributed by atoms with E-state index in [1.165, 1.54) is 27.8 Å². The fraction of sp³-hybridized carbons (Fsp3) is 0.391. The van der Waals surface area contributed by atoms with Crippen LogP contribution in [-0.2, 0) is 11.2 Å². The van der Waals surface area contributed by atoms with Crippen molar-refractivity contribution >= 4 is 50.6 Å². The number of benzene rings is 1. The number of hydrogen-bond acceptors (Lipinski definition) is 6. The molecule has 3 aromatic heterocycles. The minimum atomic E-state index is 0.0990. The Labute approximate surface area is 189 Å². The van der Waals surface area contributed by atoms with Crippen molar-refractivity contribution in [3.05, 3.63) is 46.1 Å². The van der Waals surface area contributed by atoms with Crippen LogP contribution in [0.4, 0.5) is 5.69 Å². The van der Waals surface area contributed by atoms with Crippen molar-refractivity contribution in [2.45, 2.75) is 58.2 Å². The summed E-state index contributed by atoms with van der Waals surface area (Å²) in [7, 11) is 0. The predicted molar refractivity (Wildman–Crippen MR) is 128 cm³/mol. The van der Waals surface area contributed by atoms with Crippen LogP contribution in [0.2, 0.25) is 0 Å². The number of thioether (sulfide) groups is 1. The number of nitrogens with zero attached hydrogens (tertiary/aromatic N) is 5. The number of thiophene rings is 1. The molecule has 1 atom stereocenters. The van der Waals surface area contributed by atoms with E-state index in [0.717, 1.165) is 39.0 Å². The van der Waals surface area contributed by atoms with Crippen molar-refractivity contribution < 1.29 is 4.79 Å². The van der Waals surface area contributed by atoms with Crippen molar-refractivity contribution in [2.24, 2.45) is 0 Å². The molecule has 0 saturated heterocycles. The van der Waals surface area contributed by atoms with E-state index in [2.05, 4.69) is 50.9 Å². The molecule has 1 aromatic carbocycles. The Kier molecular flexibility index (Phi) is 5.01. The van der Waals surface area contributed by atoms with E-state index in [1.54, 1.807) is 11.3 Å². The van der Waals surface area contributed by atoms with Gasteiger partial charge in [0.1, 0.15) is 10.7 Å². The van der Waals surface area contributed by atoms with Gasteiger partial charge < -0.3 is 4.90 Å². The highest BCUT2D eigenvalue weighted by atomic mass is 32.2. The van der Waals surface area contributed by atoms with Crippen LogP contribution in [0.3, 0.4) is 0 Å². The second kappa shape index (κ2) is 7.60. The first-order chi connectivity index (χ1) is 14.9. The number of fused-ring (bicyclic) bond motifs is 4. The average Bonchev–Trinajstić information content (AvgIpc) is 3.38. The number of aromatic nitrogens is 4. The van der Waals surface area contributed by atoms with E-state index in [1.807, 2.05) is 27.5 Å². The molecule has 1 aliphatic heterocycles. The first-order valence-corrected chi connectivity index (χ1v) is 12.3. The van der Waals surface area contributed by atoms with Gasteiger partial charge in [0, 0.05) is 22.5 Å². The van der Waals surface area contributed by atoms with Gasteiger partial charge >= 0.3 is 0 Å². The number of aryl methyl sites for hydroxylation is 2. The Balaban J connectivity index is 1.50. The van der Waals surface area contributed by atoms with Crippen LogP contribution in [0, 0.1) is 13.8 Å². The quantitative estimate of drug-likeness (QED) is 0.402. The second-order valence-electron chi connectivity index (χ2n) is 8.46. The molecule has 31 heavy (non-hydrogen) atoms. The highest BCUT2D eigenvalue weighted by Gasteiger charge is 2.31. The largest absolute Gasteiger partial charge is 0.308 e. The minimum absolute atomic E-state index is 0.0990. The Morgan fingerprint density at radius 1 is 1.26 bits per heavy atom. The molecule has 6 nitrogen and oxygen atoms in total. The summed E-state index contributed by atoms with van der Waals surface area (Å²) in [5.41, 5.74) is 4.31. The SMILES string of the molecule is Cc1sc2nc(C(C)C)n3c(SCC(=O)N4c5ccccc5C[C@@H]4C)nnc3c2c1C. The number of amides is 1. The summed E-state index contributed by atoms with van der Waals surface area (Å²) in [6.07, 6.45) is 0.899. The van der Waals surface area contributed by atoms with E-state index in [-0.39, 0.29) is 17.9 Å². The van der Waals surface area contributed by atoms with Gasteiger partial charge in [-0.05, 0) is 44.4 Å². The van der Waals surface area contributed by atoms with Gasteiger partial charge in [-0.15, -0.1) is 21.5 Å². The van der Waals surface area contributed by atoms with Crippen molar-refractivity contribution in [3.63, 3.8) is 0 Å². The van der Waals surface area contributed by atoms with Crippen LogP contribution in [0.1, 0.15) is 48.5 Å². The van der Waals surface area contributed by atoms with Crippen molar-refractivity contribution in [2.75, 3.05) is 10.7 Å². The van der Waals surface area contributed by atoms with Gasteiger partial charge in [0.2, 0.25) is 5.91 Å². The fourth-order valence-electron chi connectivity index (χ4n) is 4.37. The molecule has 0 unspecified atom stereocenters. The van der Waals surface area contributed by atoms with Crippen LogP contribution < -0.4 is 4.90 Å². The van der Waals surface area contributed by atoms with Crippen LogP contribution in [0.5, 0.6) is 0 Å². The molecule has 0 fully saturated rings. The third kappa shape index (κ3) is 3.24. The van der Waals surface area contributed by atoms with Gasteiger partial charge in [-0.25, -0.2) is 4.98 Å². The Morgan fingerprint density at radius 2 is 2.03 bits per heavy atom. The smallest absolute Gasteiger partial charge is 0.237 e. The molecule has 0 radical (unpaired) electrons. The minimum Gasteiger partial charge on any atom is -0.308 e. The zero-order chi connectivity index (χ0) is 21.9. The monoisotopic (exact) mass is 451 g/mol. The topological polar surface area (TPSA) is 63.4 Å². The summed E-state index contributed by atoms with van der Waals surface area (Å²) in [4.78, 5) is 22.3. The Hall–Kier alpha value is -2.45. The predicted octanol–water partition coefficient (Wildman–Crippen LogP) is 5.15. The molecule has 1 aliphatic rings. The lowest BCUT2D eigenvalue weighted by Crippen LogP contribution is -2.37. The van der Waals surface area contributed by atoms with Gasteiger partial charge in [-0.1, -0.05) is 43.8 Å². The fourth-order valence-corrected chi connectivity index (χ4v) is 6.20. The van der Waals surface area contributed by atoms with Gasteiger partial charge in [-0.3, -0.25) is 9.20 Å². The molecule has 0 spiro atoms. The summed E-state index contributed by atoms with van der Waals surface area (Å²) in [6, 6.07) is 8.34. The van der Waals surface area contributed by atoms with Crippen molar-refractivity contribution in [1.29, 1.82) is 0 Å². The number of anilines is 1. The highest BCUT2D eigenvalue weighted by molar-refractivity contribution is 7.99. The summed E-state index contributed by atoms with van der Waals surface area (Å²) in [5.74, 6) is 1.56. The van der Waals surface area contributed by atoms with Gasteiger partial charge in [-0.2, -0.15) is 0 Å². The molecular weight excluding hydrogens is 426 g/mol. The zero-order valence-electron chi connectivity index (χ0n) is 18.3. The molecular formula is C23H25N5OS2. The summed E-state index contributed by atoms with van der Waals surface area (Å²) in [6.45, 7) is 10.6. The van der Waals surface area contributed by atoms with Crippen molar-refractivity contribution in [3.8, 4) is 0 Å². The summed E-state index contributed by atoms with van der Waals surface area (Å²) >= 11 is 3.15. The number of rotatable bonds is 4. The molecule has 160 valence electrons. The van der Waals surface area contributed by atoms with Gasteiger partial charge in [0.05, 0.1) is 11.1 Å². The zero-order valence-corrected chi connectivity index (χ0v) is 20.0. The number of para-hydroxylation sites is 1. The summed E-state index contributed by atoms with van der Waals surface area (Å²) < 4.78 is 2.05. The van der Waals surface area contributed by atoms with Crippen LogP contribution in [0.15, 0.2) is 29.4 Å². The molecule has 5 rings (SSSR count). The number of carbonyl (C=O) groups is 1. The molecule has 0 bridgehead atoms. The second-order valence-corrected chi connectivity index (χ2v) is 10.6. The number of carbonyl (C=O) groups excluding carboxylic acids is 1. The lowest BCUT2D eigenvalue weighted by Gasteiger charge is -2.22. The number of hydrogen-bond donors (Lipinski definition) is 0. The molecule has 0 N–H and O–H groups in total. The van der Waals surface area contributed by atoms with Crippen LogP contribution in [-0.4, -0.2) is 37.3 Å². The maximum Gasteiger partial charge on any atom is 0.237 e. The van der Waals surface area contributed by atoms with Crippen molar-refractivity contribution in [1.82, 2.24) is 19.6 Å². The van der Waals surface area contributed by atoms with E-state index < -0.39 is 0 Å². The molecule has 8 heteroatoms. The molecule has 0 aliphatic carbocycles. The van der Waals surface area contributed by atoms with Crippen LogP contribution in [0.25, 0.3) is 15.9 Å².